The van der Waals surface area contributed by atoms with E-state index in [-0.39, 0.29) is 0 Å². The predicted octanol–water partition coefficient (Wildman–Crippen LogP) is 0.614. The molecule has 0 saturated carbocycles. The van der Waals surface area contributed by atoms with E-state index in [9.17, 15) is 4.79 Å². The molecule has 0 saturated heterocycles. The molecule has 0 radical (unpaired) electrons. The van der Waals surface area contributed by atoms with Crippen molar-refractivity contribution in [2.45, 2.75) is 13.0 Å². The molecule has 1 atom stereocenters. The third-order valence-electron chi connectivity index (χ3n) is 1.99. The van der Waals surface area contributed by atoms with E-state index >= 15 is 0 Å². The van der Waals surface area contributed by atoms with Crippen LogP contribution in [0.25, 0.3) is 5.65 Å². The van der Waals surface area contributed by atoms with Gasteiger partial charge in [-0.05, 0) is 13.0 Å². The number of aromatic nitrogens is 3. The summed E-state index contributed by atoms with van der Waals surface area (Å²) in [6.45, 7) is 1.56. The molecule has 6 heteroatoms. The molecule has 0 bridgehead atoms. The molecule has 0 aliphatic heterocycles. The van der Waals surface area contributed by atoms with Crippen LogP contribution in [-0.2, 0) is 4.79 Å². The van der Waals surface area contributed by atoms with Gasteiger partial charge in [-0.1, -0.05) is 0 Å². The summed E-state index contributed by atoms with van der Waals surface area (Å²) in [6.07, 6.45) is 3.35. The van der Waals surface area contributed by atoms with Gasteiger partial charge in [-0.25, -0.2) is 9.50 Å². The molecule has 0 amide bonds. The van der Waals surface area contributed by atoms with Crippen molar-refractivity contribution < 1.29 is 9.90 Å². The lowest BCUT2D eigenvalue weighted by atomic mass is 10.3. The zero-order valence-corrected chi connectivity index (χ0v) is 8.08. The molecule has 2 aromatic rings. The molecule has 78 valence electrons. The molecule has 2 N–H and O–H groups in total. The van der Waals surface area contributed by atoms with Crippen molar-refractivity contribution in [3.05, 3.63) is 24.5 Å². The predicted molar refractivity (Wildman–Crippen MR) is 53.7 cm³/mol. The van der Waals surface area contributed by atoms with Crippen molar-refractivity contribution in [3.63, 3.8) is 0 Å². The highest BCUT2D eigenvalue weighted by Gasteiger charge is 2.10. The van der Waals surface area contributed by atoms with Gasteiger partial charge < -0.3 is 10.4 Å². The third-order valence-corrected chi connectivity index (χ3v) is 1.99. The fraction of sp³-hybridized carbons (Fsp3) is 0.222. The SMILES string of the molecule is CC(Nc1ccn2nccc2n1)C(=O)O. The minimum absolute atomic E-state index is 0.526. The third kappa shape index (κ3) is 1.88. The first-order valence-electron chi connectivity index (χ1n) is 4.46. The van der Waals surface area contributed by atoms with Gasteiger partial charge in [0.15, 0.2) is 5.65 Å². The molecule has 15 heavy (non-hydrogen) atoms. The molecule has 0 fully saturated rings. The summed E-state index contributed by atoms with van der Waals surface area (Å²) in [7, 11) is 0. The van der Waals surface area contributed by atoms with Crippen LogP contribution in [-0.4, -0.2) is 31.7 Å². The zero-order chi connectivity index (χ0) is 10.8. The Morgan fingerprint density at radius 3 is 3.13 bits per heavy atom. The zero-order valence-electron chi connectivity index (χ0n) is 8.08. The number of carboxylic acids is 1. The smallest absolute Gasteiger partial charge is 0.325 e. The standard InChI is InChI=1S/C9H10N4O2/c1-6(9(14)15)11-7-3-5-13-8(12-7)2-4-10-13/h2-6H,1H3,(H,11,12)(H,14,15). The molecule has 0 aliphatic rings. The highest BCUT2D eigenvalue weighted by Crippen LogP contribution is 2.07. The number of anilines is 1. The van der Waals surface area contributed by atoms with Crippen molar-refractivity contribution in [2.75, 3.05) is 5.32 Å². The lowest BCUT2D eigenvalue weighted by molar-refractivity contribution is -0.137. The number of carboxylic acid groups (broad SMARTS) is 1. The number of rotatable bonds is 3. The van der Waals surface area contributed by atoms with Gasteiger partial charge in [-0.3, -0.25) is 4.79 Å². The summed E-state index contributed by atoms with van der Waals surface area (Å²) in [5, 5.41) is 15.5. The van der Waals surface area contributed by atoms with Gasteiger partial charge in [-0.15, -0.1) is 0 Å². The van der Waals surface area contributed by atoms with Gasteiger partial charge in [0, 0.05) is 12.3 Å². The Morgan fingerprint density at radius 2 is 2.40 bits per heavy atom. The normalized spacial score (nSPS) is 12.6. The summed E-state index contributed by atoms with van der Waals surface area (Å²) in [5.41, 5.74) is 0.678. The Labute approximate surface area is 85.6 Å². The summed E-state index contributed by atoms with van der Waals surface area (Å²) in [4.78, 5) is 14.8. The highest BCUT2D eigenvalue weighted by molar-refractivity contribution is 5.76. The average molecular weight is 206 g/mol. The van der Waals surface area contributed by atoms with Crippen LogP contribution in [0.15, 0.2) is 24.5 Å². The molecule has 6 nitrogen and oxygen atoms in total. The van der Waals surface area contributed by atoms with Crippen LogP contribution in [0.2, 0.25) is 0 Å². The summed E-state index contributed by atoms with van der Waals surface area (Å²) < 4.78 is 1.61. The molecular weight excluding hydrogens is 196 g/mol. The average Bonchev–Trinajstić information content (AvgIpc) is 2.64. The second kappa shape index (κ2) is 3.56. The van der Waals surface area contributed by atoms with E-state index in [0.29, 0.717) is 11.5 Å². The summed E-state index contributed by atoms with van der Waals surface area (Å²) in [5.74, 6) is -0.386. The van der Waals surface area contributed by atoms with Crippen LogP contribution in [0.3, 0.4) is 0 Å². The first kappa shape index (κ1) is 9.45. The lowest BCUT2D eigenvalue weighted by Gasteiger charge is -2.09. The molecule has 0 aromatic carbocycles. The molecule has 2 rings (SSSR count). The van der Waals surface area contributed by atoms with Crippen LogP contribution in [0.1, 0.15) is 6.92 Å². The number of aliphatic carboxylic acids is 1. The topological polar surface area (TPSA) is 79.5 Å². The number of carbonyl (C=O) groups is 1. The van der Waals surface area contributed by atoms with Gasteiger partial charge in [0.05, 0.1) is 6.20 Å². The van der Waals surface area contributed by atoms with E-state index in [0.717, 1.165) is 0 Å². The molecule has 2 aromatic heterocycles. The number of nitrogens with zero attached hydrogens (tertiary/aromatic N) is 3. The maximum absolute atomic E-state index is 10.6. The largest absolute Gasteiger partial charge is 0.480 e. The Balaban J connectivity index is 2.24. The molecule has 1 unspecified atom stereocenters. The van der Waals surface area contributed by atoms with Crippen LogP contribution in [0.5, 0.6) is 0 Å². The van der Waals surface area contributed by atoms with Crippen LogP contribution < -0.4 is 5.32 Å². The quantitative estimate of drug-likeness (QED) is 0.769. The van der Waals surface area contributed by atoms with Gasteiger partial charge in [0.1, 0.15) is 11.9 Å². The lowest BCUT2D eigenvalue weighted by Crippen LogP contribution is -2.25. The molecule has 0 aliphatic carbocycles. The minimum atomic E-state index is -0.912. The van der Waals surface area contributed by atoms with Crippen molar-refractivity contribution in [2.24, 2.45) is 0 Å². The van der Waals surface area contributed by atoms with Crippen LogP contribution >= 0.6 is 0 Å². The number of nitrogens with one attached hydrogen (secondary N) is 1. The van der Waals surface area contributed by atoms with Crippen LogP contribution in [0, 0.1) is 0 Å². The van der Waals surface area contributed by atoms with E-state index in [2.05, 4.69) is 15.4 Å². The van der Waals surface area contributed by atoms with Crippen molar-refractivity contribution >= 4 is 17.4 Å². The first-order chi connectivity index (χ1) is 7.16. The van der Waals surface area contributed by atoms with E-state index in [1.807, 2.05) is 0 Å². The monoisotopic (exact) mass is 206 g/mol. The summed E-state index contributed by atoms with van der Waals surface area (Å²) >= 11 is 0. The van der Waals surface area contributed by atoms with E-state index < -0.39 is 12.0 Å². The second-order valence-electron chi connectivity index (χ2n) is 3.15. The minimum Gasteiger partial charge on any atom is -0.480 e. The van der Waals surface area contributed by atoms with Crippen LogP contribution in [0.4, 0.5) is 5.82 Å². The van der Waals surface area contributed by atoms with Gasteiger partial charge in [-0.2, -0.15) is 5.10 Å². The fourth-order valence-corrected chi connectivity index (χ4v) is 1.18. The van der Waals surface area contributed by atoms with Gasteiger partial charge in [0.25, 0.3) is 0 Å². The molecular formula is C9H10N4O2. The summed E-state index contributed by atoms with van der Waals surface area (Å²) in [6, 6.07) is 2.76. The van der Waals surface area contributed by atoms with E-state index in [4.69, 9.17) is 5.11 Å². The number of hydrogen-bond donors (Lipinski definition) is 2. The van der Waals surface area contributed by atoms with Gasteiger partial charge in [0.2, 0.25) is 0 Å². The van der Waals surface area contributed by atoms with E-state index in [1.54, 1.807) is 36.0 Å². The number of hydrogen-bond acceptors (Lipinski definition) is 4. The van der Waals surface area contributed by atoms with Crippen molar-refractivity contribution in [3.8, 4) is 0 Å². The Morgan fingerprint density at radius 1 is 1.60 bits per heavy atom. The van der Waals surface area contributed by atoms with Gasteiger partial charge >= 0.3 is 5.97 Å². The first-order valence-corrected chi connectivity index (χ1v) is 4.46. The van der Waals surface area contributed by atoms with E-state index in [1.165, 1.54) is 0 Å². The second-order valence-corrected chi connectivity index (χ2v) is 3.15. The highest BCUT2D eigenvalue weighted by atomic mass is 16.4. The van der Waals surface area contributed by atoms with Crippen molar-refractivity contribution in [1.29, 1.82) is 0 Å². The number of fused-ring (bicyclic) bond motifs is 1. The Hall–Kier alpha value is -2.11. The molecule has 0 spiro atoms. The Bertz CT molecular complexity index is 494. The van der Waals surface area contributed by atoms with Crippen molar-refractivity contribution in [1.82, 2.24) is 14.6 Å². The maximum atomic E-state index is 10.6. The maximum Gasteiger partial charge on any atom is 0.325 e. The fourth-order valence-electron chi connectivity index (χ4n) is 1.18. The Kier molecular flexibility index (Phi) is 2.24. The molecule has 2 heterocycles.